The summed E-state index contributed by atoms with van der Waals surface area (Å²) in [4.78, 5) is 12.1. The van der Waals surface area contributed by atoms with Crippen LogP contribution < -0.4 is 11.3 Å². The topological polar surface area (TPSA) is 52.9 Å². The highest BCUT2D eigenvalue weighted by Crippen LogP contribution is 2.26. The molecule has 1 aromatic heterocycles. The summed E-state index contributed by atoms with van der Waals surface area (Å²) in [7, 11) is 1.91. The Labute approximate surface area is 97.0 Å². The van der Waals surface area contributed by atoms with Gasteiger partial charge in [-0.3, -0.25) is 9.48 Å². The lowest BCUT2D eigenvalue weighted by Gasteiger charge is -2.22. The predicted octanol–water partition coefficient (Wildman–Crippen LogP) is 2.04. The van der Waals surface area contributed by atoms with Gasteiger partial charge in [0, 0.05) is 12.5 Å². The first-order valence-corrected chi connectivity index (χ1v) is 5.79. The lowest BCUT2D eigenvalue weighted by atomic mass is 9.91. The summed E-state index contributed by atoms with van der Waals surface area (Å²) >= 11 is 0. The highest BCUT2D eigenvalue weighted by atomic mass is 16.1. The lowest BCUT2D eigenvalue weighted by Crippen LogP contribution is -2.26. The Balaban J connectivity index is 3.52. The van der Waals surface area contributed by atoms with Gasteiger partial charge in [0.05, 0.1) is 11.7 Å². The Kier molecular flexibility index (Phi) is 3.22. The maximum absolute atomic E-state index is 12.1. The van der Waals surface area contributed by atoms with Gasteiger partial charge in [-0.25, -0.2) is 4.68 Å². The smallest absolute Gasteiger partial charge is 0.290 e. The zero-order valence-electron chi connectivity index (χ0n) is 11.2. The van der Waals surface area contributed by atoms with E-state index in [9.17, 15) is 4.79 Å². The summed E-state index contributed by atoms with van der Waals surface area (Å²) in [5.74, 6) is 0. The van der Waals surface area contributed by atoms with E-state index >= 15 is 0 Å². The highest BCUT2D eigenvalue weighted by Gasteiger charge is 2.26. The second kappa shape index (κ2) is 4.00. The zero-order chi connectivity index (χ0) is 12.7. The number of nitrogens with zero attached hydrogens (tertiary/aromatic N) is 2. The Bertz CT molecular complexity index is 434. The number of anilines is 1. The standard InChI is InChI=1S/C12H23N3O/c1-7-8(2)15-11(16)9(13)10(14(15)6)12(3,4)5/h8H,7,13H2,1-6H3. The van der Waals surface area contributed by atoms with E-state index in [1.165, 1.54) is 0 Å². The van der Waals surface area contributed by atoms with Gasteiger partial charge in [0.25, 0.3) is 5.56 Å². The molecular formula is C12H23N3O. The monoisotopic (exact) mass is 225 g/mol. The molecule has 1 heterocycles. The molecular weight excluding hydrogens is 202 g/mol. The van der Waals surface area contributed by atoms with Crippen molar-refractivity contribution in [1.29, 1.82) is 0 Å². The molecule has 0 aliphatic heterocycles. The van der Waals surface area contributed by atoms with E-state index in [1.54, 1.807) is 4.68 Å². The average molecular weight is 225 g/mol. The van der Waals surface area contributed by atoms with E-state index in [2.05, 4.69) is 27.7 Å². The molecule has 0 aliphatic rings. The van der Waals surface area contributed by atoms with E-state index in [1.807, 2.05) is 18.7 Å². The van der Waals surface area contributed by atoms with Crippen molar-refractivity contribution < 1.29 is 0 Å². The van der Waals surface area contributed by atoms with Gasteiger partial charge in [0.15, 0.2) is 0 Å². The van der Waals surface area contributed by atoms with Gasteiger partial charge in [-0.05, 0) is 13.3 Å². The average Bonchev–Trinajstić information content (AvgIpc) is 2.36. The van der Waals surface area contributed by atoms with Gasteiger partial charge >= 0.3 is 0 Å². The van der Waals surface area contributed by atoms with Crippen molar-refractivity contribution in [2.45, 2.75) is 52.5 Å². The number of hydrogen-bond acceptors (Lipinski definition) is 2. The molecule has 0 radical (unpaired) electrons. The Morgan fingerprint density at radius 2 is 1.88 bits per heavy atom. The van der Waals surface area contributed by atoms with Crippen molar-refractivity contribution in [2.75, 3.05) is 5.73 Å². The summed E-state index contributed by atoms with van der Waals surface area (Å²) in [6, 6.07) is 0.177. The number of aromatic nitrogens is 2. The Hall–Kier alpha value is -1.19. The van der Waals surface area contributed by atoms with Crippen LogP contribution in [0.5, 0.6) is 0 Å². The summed E-state index contributed by atoms with van der Waals surface area (Å²) in [6.45, 7) is 10.3. The molecule has 4 heteroatoms. The maximum Gasteiger partial charge on any atom is 0.290 e. The molecule has 4 nitrogen and oxygen atoms in total. The predicted molar refractivity (Wildman–Crippen MR) is 67.8 cm³/mol. The molecule has 0 fully saturated rings. The number of hydrogen-bond donors (Lipinski definition) is 1. The third kappa shape index (κ3) is 1.88. The lowest BCUT2D eigenvalue weighted by molar-refractivity contribution is 0.378. The summed E-state index contributed by atoms with van der Waals surface area (Å²) < 4.78 is 3.65. The molecule has 0 spiro atoms. The molecule has 0 amide bonds. The summed E-state index contributed by atoms with van der Waals surface area (Å²) in [5.41, 5.74) is 7.05. The minimum absolute atomic E-state index is 0.0678. The van der Waals surface area contributed by atoms with Crippen molar-refractivity contribution in [3.8, 4) is 0 Å². The van der Waals surface area contributed by atoms with Crippen molar-refractivity contribution in [2.24, 2.45) is 7.05 Å². The second-order valence-electron chi connectivity index (χ2n) is 5.44. The van der Waals surface area contributed by atoms with Crippen LogP contribution in [0, 0.1) is 0 Å². The zero-order valence-corrected chi connectivity index (χ0v) is 11.2. The Morgan fingerprint density at radius 3 is 2.19 bits per heavy atom. The molecule has 0 saturated heterocycles. The maximum atomic E-state index is 12.1. The molecule has 1 atom stereocenters. The van der Waals surface area contributed by atoms with Crippen LogP contribution >= 0.6 is 0 Å². The number of nitrogens with two attached hydrogens (primary N) is 1. The molecule has 0 bridgehead atoms. The molecule has 0 aromatic carbocycles. The van der Waals surface area contributed by atoms with E-state index in [0.29, 0.717) is 5.69 Å². The summed E-state index contributed by atoms with van der Waals surface area (Å²) in [5, 5.41) is 0. The molecule has 1 unspecified atom stereocenters. The van der Waals surface area contributed by atoms with Crippen LogP contribution in [0.1, 0.15) is 52.8 Å². The summed E-state index contributed by atoms with van der Waals surface area (Å²) in [6.07, 6.45) is 0.917. The van der Waals surface area contributed by atoms with Crippen LogP contribution in [0.3, 0.4) is 0 Å². The SMILES string of the molecule is CCC(C)n1c(=O)c(N)c(C(C)(C)C)n1C. The van der Waals surface area contributed by atoms with Crippen LogP contribution in [-0.4, -0.2) is 9.36 Å². The molecule has 0 saturated carbocycles. The molecule has 92 valence electrons. The largest absolute Gasteiger partial charge is 0.393 e. The second-order valence-corrected chi connectivity index (χ2v) is 5.44. The number of nitrogen functional groups attached to an aromatic ring is 1. The molecule has 1 aromatic rings. The van der Waals surface area contributed by atoms with Crippen molar-refractivity contribution in [3.05, 3.63) is 16.0 Å². The third-order valence-corrected chi connectivity index (χ3v) is 3.06. The minimum Gasteiger partial charge on any atom is -0.393 e. The normalized spacial score (nSPS) is 14.1. The fourth-order valence-electron chi connectivity index (χ4n) is 2.20. The number of rotatable bonds is 2. The molecule has 1 rings (SSSR count). The van der Waals surface area contributed by atoms with Gasteiger partial charge in [0.1, 0.15) is 5.69 Å². The van der Waals surface area contributed by atoms with Crippen LogP contribution in [0.2, 0.25) is 0 Å². The van der Waals surface area contributed by atoms with E-state index in [4.69, 9.17) is 5.73 Å². The molecule has 2 N–H and O–H groups in total. The van der Waals surface area contributed by atoms with Gasteiger partial charge in [-0.1, -0.05) is 27.7 Å². The van der Waals surface area contributed by atoms with Crippen LogP contribution in [0.15, 0.2) is 4.79 Å². The van der Waals surface area contributed by atoms with Crippen LogP contribution in [0.4, 0.5) is 5.69 Å². The first-order valence-electron chi connectivity index (χ1n) is 5.79. The quantitative estimate of drug-likeness (QED) is 0.837. The highest BCUT2D eigenvalue weighted by molar-refractivity contribution is 5.45. The first-order chi connectivity index (χ1) is 7.21. The van der Waals surface area contributed by atoms with E-state index in [0.717, 1.165) is 12.1 Å². The van der Waals surface area contributed by atoms with E-state index in [-0.39, 0.29) is 17.0 Å². The van der Waals surface area contributed by atoms with Gasteiger partial charge in [0.2, 0.25) is 0 Å². The molecule has 0 aliphatic carbocycles. The van der Waals surface area contributed by atoms with Crippen LogP contribution in [-0.2, 0) is 12.5 Å². The van der Waals surface area contributed by atoms with Gasteiger partial charge < -0.3 is 5.73 Å². The Morgan fingerprint density at radius 1 is 1.38 bits per heavy atom. The van der Waals surface area contributed by atoms with Crippen molar-refractivity contribution in [3.63, 3.8) is 0 Å². The fraction of sp³-hybridized carbons (Fsp3) is 0.750. The van der Waals surface area contributed by atoms with E-state index < -0.39 is 0 Å². The van der Waals surface area contributed by atoms with Gasteiger partial charge in [-0.2, -0.15) is 0 Å². The van der Waals surface area contributed by atoms with Crippen molar-refractivity contribution >= 4 is 5.69 Å². The van der Waals surface area contributed by atoms with Crippen molar-refractivity contribution in [1.82, 2.24) is 9.36 Å². The van der Waals surface area contributed by atoms with Gasteiger partial charge in [-0.15, -0.1) is 0 Å². The third-order valence-electron chi connectivity index (χ3n) is 3.06. The first kappa shape index (κ1) is 12.9. The molecule has 16 heavy (non-hydrogen) atoms. The minimum atomic E-state index is -0.114. The van der Waals surface area contributed by atoms with Crippen LogP contribution in [0.25, 0.3) is 0 Å². The fourth-order valence-corrected chi connectivity index (χ4v) is 2.20.